The average molecular weight is 349 g/mol. The first-order valence-electron chi connectivity index (χ1n) is 8.97. The Morgan fingerprint density at radius 2 is 1.78 bits per heavy atom. The van der Waals surface area contributed by atoms with Gasteiger partial charge in [0.25, 0.3) is 0 Å². The fourth-order valence-corrected chi connectivity index (χ4v) is 3.33. The highest BCUT2D eigenvalue weighted by molar-refractivity contribution is 5.90. The van der Waals surface area contributed by atoms with Gasteiger partial charge in [-0.3, -0.25) is 4.99 Å². The van der Waals surface area contributed by atoms with Crippen molar-refractivity contribution in [2.75, 3.05) is 4.90 Å². The number of nitriles is 1. The molecule has 3 nitrogen and oxygen atoms in total. The summed E-state index contributed by atoms with van der Waals surface area (Å²) in [7, 11) is 0. The normalized spacial score (nSPS) is 16.3. The molecule has 0 N–H and O–H groups in total. The van der Waals surface area contributed by atoms with Gasteiger partial charge in [-0.1, -0.05) is 49.1 Å². The Hall–Kier alpha value is -3.64. The molecule has 0 aliphatic carbocycles. The van der Waals surface area contributed by atoms with Crippen LogP contribution in [0.3, 0.4) is 0 Å². The number of rotatable bonds is 3. The summed E-state index contributed by atoms with van der Waals surface area (Å²) in [6, 6.07) is 20.1. The zero-order chi connectivity index (χ0) is 18.6. The summed E-state index contributed by atoms with van der Waals surface area (Å²) in [5.74, 6) is 0. The van der Waals surface area contributed by atoms with E-state index in [1.165, 1.54) is 0 Å². The van der Waals surface area contributed by atoms with E-state index in [2.05, 4.69) is 53.0 Å². The van der Waals surface area contributed by atoms with Crippen LogP contribution in [-0.4, -0.2) is 6.21 Å². The van der Waals surface area contributed by atoms with Crippen molar-refractivity contribution in [2.45, 2.75) is 12.8 Å². The van der Waals surface area contributed by atoms with Crippen LogP contribution >= 0.6 is 0 Å². The van der Waals surface area contributed by atoms with Crippen molar-refractivity contribution in [3.63, 3.8) is 0 Å². The first-order chi connectivity index (χ1) is 13.3. The average Bonchev–Trinajstić information content (AvgIpc) is 2.75. The maximum atomic E-state index is 9.56. The lowest BCUT2D eigenvalue weighted by molar-refractivity contribution is 1.04. The summed E-state index contributed by atoms with van der Waals surface area (Å²) < 4.78 is 0. The van der Waals surface area contributed by atoms with E-state index < -0.39 is 0 Å². The maximum absolute atomic E-state index is 9.56. The van der Waals surface area contributed by atoms with E-state index in [9.17, 15) is 5.26 Å². The van der Waals surface area contributed by atoms with Crippen LogP contribution in [0.25, 0.3) is 5.57 Å². The lowest BCUT2D eigenvalue weighted by Crippen LogP contribution is -2.20. The van der Waals surface area contributed by atoms with Gasteiger partial charge in [0.1, 0.15) is 0 Å². The molecule has 2 aliphatic rings. The SMILES string of the molecule is C=C1C(c2ccccc2C#N)=CC(C2=CCCC=N2)=CN1c1ccccc1. The zero-order valence-corrected chi connectivity index (χ0v) is 15.0. The number of hydrogen-bond acceptors (Lipinski definition) is 3. The van der Waals surface area contributed by atoms with E-state index in [-0.39, 0.29) is 0 Å². The number of para-hydroxylation sites is 1. The van der Waals surface area contributed by atoms with Gasteiger partial charge >= 0.3 is 0 Å². The van der Waals surface area contributed by atoms with E-state index >= 15 is 0 Å². The van der Waals surface area contributed by atoms with E-state index in [0.29, 0.717) is 5.56 Å². The third-order valence-corrected chi connectivity index (χ3v) is 4.70. The van der Waals surface area contributed by atoms with E-state index in [0.717, 1.165) is 46.6 Å². The zero-order valence-electron chi connectivity index (χ0n) is 15.0. The summed E-state index contributed by atoms with van der Waals surface area (Å²) in [5, 5.41) is 9.56. The molecule has 130 valence electrons. The third kappa shape index (κ3) is 3.26. The Morgan fingerprint density at radius 1 is 1.00 bits per heavy atom. The summed E-state index contributed by atoms with van der Waals surface area (Å²) in [6.45, 7) is 4.33. The van der Waals surface area contributed by atoms with Crippen molar-refractivity contribution in [1.82, 2.24) is 0 Å². The quantitative estimate of drug-likeness (QED) is 0.723. The van der Waals surface area contributed by atoms with Crippen LogP contribution in [0.5, 0.6) is 0 Å². The van der Waals surface area contributed by atoms with Crippen LogP contribution in [0.4, 0.5) is 5.69 Å². The molecule has 0 radical (unpaired) electrons. The summed E-state index contributed by atoms with van der Waals surface area (Å²) >= 11 is 0. The largest absolute Gasteiger partial charge is 0.316 e. The number of allylic oxidation sites excluding steroid dienone is 3. The predicted molar refractivity (Wildman–Crippen MR) is 111 cm³/mol. The molecule has 2 aromatic rings. The number of hydrogen-bond donors (Lipinski definition) is 0. The Bertz CT molecular complexity index is 1050. The second kappa shape index (κ2) is 7.31. The summed E-state index contributed by atoms with van der Waals surface area (Å²) in [6.07, 6.45) is 10.2. The highest BCUT2D eigenvalue weighted by atomic mass is 15.1. The molecule has 0 atom stereocenters. The van der Waals surface area contributed by atoms with Gasteiger partial charge in [-0.2, -0.15) is 5.26 Å². The molecule has 4 rings (SSSR count). The topological polar surface area (TPSA) is 39.4 Å². The predicted octanol–water partition coefficient (Wildman–Crippen LogP) is 5.61. The molecule has 0 aromatic heterocycles. The maximum Gasteiger partial charge on any atom is 0.0998 e. The minimum absolute atomic E-state index is 0.639. The molecule has 0 saturated carbocycles. The lowest BCUT2D eigenvalue weighted by Gasteiger charge is -2.30. The number of anilines is 1. The van der Waals surface area contributed by atoms with Gasteiger partial charge in [-0.15, -0.1) is 0 Å². The number of benzene rings is 2. The molecule has 0 spiro atoms. The van der Waals surface area contributed by atoms with Gasteiger partial charge in [0.15, 0.2) is 0 Å². The fourth-order valence-electron chi connectivity index (χ4n) is 3.33. The molecular formula is C24H19N3. The van der Waals surface area contributed by atoms with Gasteiger partial charge in [-0.05, 0) is 37.1 Å². The Labute approximate surface area is 159 Å². The molecule has 3 heteroatoms. The van der Waals surface area contributed by atoms with Crippen LogP contribution in [-0.2, 0) is 0 Å². The first-order valence-corrected chi connectivity index (χ1v) is 8.97. The third-order valence-electron chi connectivity index (χ3n) is 4.70. The highest BCUT2D eigenvalue weighted by Gasteiger charge is 2.22. The molecular weight excluding hydrogens is 330 g/mol. The molecule has 27 heavy (non-hydrogen) atoms. The summed E-state index contributed by atoms with van der Waals surface area (Å²) in [5.41, 5.74) is 6.31. The van der Waals surface area contributed by atoms with Crippen molar-refractivity contribution in [3.8, 4) is 6.07 Å². The Balaban J connectivity index is 1.87. The van der Waals surface area contributed by atoms with Crippen molar-refractivity contribution in [3.05, 3.63) is 108 Å². The van der Waals surface area contributed by atoms with Gasteiger partial charge in [0, 0.05) is 40.5 Å². The standard InChI is InChI=1S/C24H19N3/c1-18-23(22-12-6-5-9-19(22)16-25)15-20(24-13-7-8-14-26-24)17-27(18)21-10-3-2-4-11-21/h2-6,9-15,17H,1,7-8H2. The molecule has 0 unspecified atom stereocenters. The van der Waals surface area contributed by atoms with Crippen LogP contribution in [0, 0.1) is 11.3 Å². The highest BCUT2D eigenvalue weighted by Crippen LogP contribution is 2.37. The van der Waals surface area contributed by atoms with Gasteiger partial charge in [-0.25, -0.2) is 0 Å². The molecule has 2 heterocycles. The fraction of sp³-hybridized carbons (Fsp3) is 0.0833. The van der Waals surface area contributed by atoms with Crippen molar-refractivity contribution < 1.29 is 0 Å². The van der Waals surface area contributed by atoms with Crippen LogP contribution < -0.4 is 4.90 Å². The minimum Gasteiger partial charge on any atom is -0.316 e. The van der Waals surface area contributed by atoms with Crippen molar-refractivity contribution in [1.29, 1.82) is 5.26 Å². The molecule has 2 aliphatic heterocycles. The van der Waals surface area contributed by atoms with E-state index in [4.69, 9.17) is 0 Å². The van der Waals surface area contributed by atoms with E-state index in [1.54, 1.807) is 0 Å². The van der Waals surface area contributed by atoms with Crippen LogP contribution in [0.15, 0.2) is 101 Å². The van der Waals surface area contributed by atoms with Gasteiger partial charge in [0.2, 0.25) is 0 Å². The van der Waals surface area contributed by atoms with Gasteiger partial charge < -0.3 is 4.90 Å². The van der Waals surface area contributed by atoms with Crippen molar-refractivity contribution >= 4 is 17.5 Å². The smallest absolute Gasteiger partial charge is 0.0998 e. The number of nitrogens with zero attached hydrogens (tertiary/aromatic N) is 3. The summed E-state index contributed by atoms with van der Waals surface area (Å²) in [4.78, 5) is 6.65. The second-order valence-corrected chi connectivity index (χ2v) is 6.43. The van der Waals surface area contributed by atoms with Gasteiger partial charge in [0.05, 0.1) is 17.3 Å². The lowest BCUT2D eigenvalue weighted by atomic mass is 9.92. The molecule has 0 saturated heterocycles. The molecule has 2 aromatic carbocycles. The molecule has 0 bridgehead atoms. The van der Waals surface area contributed by atoms with Crippen LogP contribution in [0.1, 0.15) is 24.0 Å². The van der Waals surface area contributed by atoms with Crippen molar-refractivity contribution in [2.24, 2.45) is 4.99 Å². The minimum atomic E-state index is 0.639. The molecule has 0 amide bonds. The van der Waals surface area contributed by atoms with Crippen LogP contribution in [0.2, 0.25) is 0 Å². The Kier molecular flexibility index (Phi) is 4.55. The Morgan fingerprint density at radius 3 is 2.52 bits per heavy atom. The van der Waals surface area contributed by atoms with E-state index in [1.807, 2.05) is 48.7 Å². The molecule has 0 fully saturated rings. The first kappa shape index (κ1) is 16.8. The second-order valence-electron chi connectivity index (χ2n) is 6.43. The number of aliphatic imine (C=N–C) groups is 1. The monoisotopic (exact) mass is 349 g/mol.